The first-order chi connectivity index (χ1) is 13.3. The maximum Gasteiger partial charge on any atom is 0.321 e. The second kappa shape index (κ2) is 7.82. The van der Waals surface area contributed by atoms with Gasteiger partial charge in [0.05, 0.1) is 5.25 Å². The molecule has 0 saturated heterocycles. The molecule has 1 atom stereocenters. The summed E-state index contributed by atoms with van der Waals surface area (Å²) in [7, 11) is 0. The van der Waals surface area contributed by atoms with Gasteiger partial charge in [0.1, 0.15) is 0 Å². The third-order valence-electron chi connectivity index (χ3n) is 6.12. The molecule has 4 aliphatic rings. The number of carbonyl (C=O) groups is 2. The van der Waals surface area contributed by atoms with Crippen molar-refractivity contribution in [2.24, 2.45) is 17.8 Å². The van der Waals surface area contributed by atoms with Crippen molar-refractivity contribution < 1.29 is 9.59 Å². The Bertz CT molecular complexity index is 715. The smallest absolute Gasteiger partial charge is 0.321 e. The summed E-state index contributed by atoms with van der Waals surface area (Å²) in [5, 5.41) is 17.4. The Hall–Kier alpha value is -1.35. The van der Waals surface area contributed by atoms with Gasteiger partial charge >= 0.3 is 6.03 Å². The van der Waals surface area contributed by atoms with Crippen LogP contribution in [0.3, 0.4) is 0 Å². The van der Waals surface area contributed by atoms with Crippen LogP contribution in [-0.2, 0) is 4.79 Å². The largest absolute Gasteiger partial charge is 0.358 e. The van der Waals surface area contributed by atoms with Gasteiger partial charge < -0.3 is 10.6 Å². The van der Waals surface area contributed by atoms with Crippen molar-refractivity contribution in [2.75, 3.05) is 5.32 Å². The maximum atomic E-state index is 12.5. The molecule has 0 spiro atoms. The fraction of sp³-hybridized carbons (Fsp3) is 0.789. The summed E-state index contributed by atoms with van der Waals surface area (Å²) in [6, 6.07) is -0.0707. The molecule has 3 amide bonds. The van der Waals surface area contributed by atoms with Crippen LogP contribution in [-0.4, -0.2) is 39.0 Å². The van der Waals surface area contributed by atoms with Crippen molar-refractivity contribution >= 4 is 40.2 Å². The number of nitrogens with zero attached hydrogens (tertiary/aromatic N) is 2. The SMILES string of the molecule is CC(C)Nc1nnc(SC(C)C(=O)NC(=O)NC23CC4CC(CC(C4)C2)C3)s1. The second-order valence-corrected chi connectivity index (χ2v) is 11.6. The normalized spacial score (nSPS) is 31.6. The van der Waals surface area contributed by atoms with E-state index in [1.807, 2.05) is 13.8 Å². The first-order valence-corrected chi connectivity index (χ1v) is 11.9. The van der Waals surface area contributed by atoms with Crippen LogP contribution in [0.2, 0.25) is 0 Å². The number of anilines is 1. The highest BCUT2D eigenvalue weighted by Crippen LogP contribution is 2.55. The number of hydrogen-bond acceptors (Lipinski definition) is 7. The predicted molar refractivity (Wildman–Crippen MR) is 112 cm³/mol. The molecule has 4 saturated carbocycles. The number of thioether (sulfide) groups is 1. The molecule has 28 heavy (non-hydrogen) atoms. The maximum absolute atomic E-state index is 12.5. The number of aromatic nitrogens is 2. The molecule has 1 aromatic rings. The van der Waals surface area contributed by atoms with Gasteiger partial charge in [0.2, 0.25) is 11.0 Å². The van der Waals surface area contributed by atoms with E-state index in [9.17, 15) is 9.59 Å². The third kappa shape index (κ3) is 4.45. The molecule has 5 rings (SSSR count). The standard InChI is InChI=1S/C19H29N5O2S2/c1-10(2)20-17-23-24-18(28-17)27-11(3)15(25)21-16(26)22-19-7-12-4-13(8-19)6-14(5-12)9-19/h10-14H,4-9H2,1-3H3,(H,20,23)(H2,21,22,25,26). The number of rotatable bonds is 6. The van der Waals surface area contributed by atoms with Crippen molar-refractivity contribution in [1.29, 1.82) is 0 Å². The lowest BCUT2D eigenvalue weighted by Gasteiger charge is -2.56. The van der Waals surface area contributed by atoms with E-state index in [1.165, 1.54) is 42.4 Å². The first kappa shape index (κ1) is 19.9. The number of hydrogen-bond donors (Lipinski definition) is 3. The van der Waals surface area contributed by atoms with E-state index in [0.717, 1.165) is 42.1 Å². The quantitative estimate of drug-likeness (QED) is 0.605. The van der Waals surface area contributed by atoms with Gasteiger partial charge in [0, 0.05) is 11.6 Å². The molecule has 7 nitrogen and oxygen atoms in total. The molecule has 1 unspecified atom stereocenters. The Balaban J connectivity index is 1.28. The van der Waals surface area contributed by atoms with Crippen LogP contribution >= 0.6 is 23.1 Å². The van der Waals surface area contributed by atoms with Gasteiger partial charge in [-0.05, 0) is 77.0 Å². The average Bonchev–Trinajstić information content (AvgIpc) is 2.98. The van der Waals surface area contributed by atoms with Crippen LogP contribution in [0.5, 0.6) is 0 Å². The van der Waals surface area contributed by atoms with Crippen molar-refractivity contribution in [3.8, 4) is 0 Å². The Morgan fingerprint density at radius 1 is 1.07 bits per heavy atom. The van der Waals surface area contributed by atoms with Gasteiger partial charge in [-0.2, -0.15) is 0 Å². The topological polar surface area (TPSA) is 96.0 Å². The minimum absolute atomic E-state index is 0.0911. The summed E-state index contributed by atoms with van der Waals surface area (Å²) in [5.74, 6) is 1.97. The van der Waals surface area contributed by atoms with Crippen LogP contribution in [0.1, 0.15) is 59.3 Å². The number of urea groups is 1. The number of amides is 3. The fourth-order valence-electron chi connectivity index (χ4n) is 5.52. The Kier molecular flexibility index (Phi) is 5.57. The van der Waals surface area contributed by atoms with Crippen LogP contribution in [0, 0.1) is 17.8 Å². The summed E-state index contributed by atoms with van der Waals surface area (Å²) < 4.78 is 0.715. The van der Waals surface area contributed by atoms with Crippen LogP contribution in [0.25, 0.3) is 0 Å². The van der Waals surface area contributed by atoms with E-state index in [2.05, 4.69) is 26.1 Å². The average molecular weight is 424 g/mol. The van der Waals surface area contributed by atoms with E-state index in [1.54, 1.807) is 6.92 Å². The van der Waals surface area contributed by atoms with Crippen molar-refractivity contribution in [1.82, 2.24) is 20.8 Å². The lowest BCUT2D eigenvalue weighted by Crippen LogP contribution is -2.62. The molecule has 3 N–H and O–H groups in total. The minimum atomic E-state index is -0.415. The van der Waals surface area contributed by atoms with E-state index < -0.39 is 5.25 Å². The van der Waals surface area contributed by atoms with E-state index in [0.29, 0.717) is 4.34 Å². The molecule has 1 heterocycles. The van der Waals surface area contributed by atoms with Crippen LogP contribution in [0.4, 0.5) is 9.93 Å². The van der Waals surface area contributed by atoms with Gasteiger partial charge in [-0.15, -0.1) is 10.2 Å². The van der Waals surface area contributed by atoms with Gasteiger partial charge in [0.15, 0.2) is 4.34 Å². The van der Waals surface area contributed by atoms with Gasteiger partial charge in [0.25, 0.3) is 0 Å². The van der Waals surface area contributed by atoms with Crippen molar-refractivity contribution in [3.05, 3.63) is 0 Å². The Morgan fingerprint density at radius 3 is 2.25 bits per heavy atom. The minimum Gasteiger partial charge on any atom is -0.358 e. The zero-order valence-corrected chi connectivity index (χ0v) is 18.3. The summed E-state index contributed by atoms with van der Waals surface area (Å²) in [6.45, 7) is 5.86. The highest BCUT2D eigenvalue weighted by atomic mass is 32.2. The fourth-order valence-corrected chi connectivity index (χ4v) is 7.56. The Labute approximate surface area is 174 Å². The molecule has 0 aliphatic heterocycles. The van der Waals surface area contributed by atoms with Gasteiger partial charge in [-0.1, -0.05) is 23.1 Å². The zero-order valence-electron chi connectivity index (χ0n) is 16.7. The number of imide groups is 1. The third-order valence-corrected chi connectivity index (χ3v) is 8.16. The summed E-state index contributed by atoms with van der Waals surface area (Å²) >= 11 is 2.74. The van der Waals surface area contributed by atoms with E-state index in [4.69, 9.17) is 0 Å². The first-order valence-electron chi connectivity index (χ1n) is 10.2. The molecule has 4 bridgehead atoms. The summed E-state index contributed by atoms with van der Waals surface area (Å²) in [6.07, 6.45) is 7.18. The monoisotopic (exact) mass is 423 g/mol. The molecule has 0 radical (unpaired) electrons. The van der Waals surface area contributed by atoms with Gasteiger partial charge in [-0.25, -0.2) is 4.79 Å². The van der Waals surface area contributed by atoms with E-state index in [-0.39, 0.29) is 23.5 Å². The Morgan fingerprint density at radius 2 is 1.68 bits per heavy atom. The number of carbonyl (C=O) groups excluding carboxylic acids is 2. The molecule has 4 fully saturated rings. The molecule has 9 heteroatoms. The van der Waals surface area contributed by atoms with Gasteiger partial charge in [-0.3, -0.25) is 10.1 Å². The summed E-state index contributed by atoms with van der Waals surface area (Å²) in [4.78, 5) is 25.0. The second-order valence-electron chi connectivity index (χ2n) is 9.07. The molecular formula is C19H29N5O2S2. The lowest BCUT2D eigenvalue weighted by molar-refractivity contribution is -0.119. The van der Waals surface area contributed by atoms with Crippen LogP contribution < -0.4 is 16.0 Å². The van der Waals surface area contributed by atoms with Crippen molar-refractivity contribution in [3.63, 3.8) is 0 Å². The molecular weight excluding hydrogens is 394 g/mol. The van der Waals surface area contributed by atoms with Crippen LogP contribution in [0.15, 0.2) is 4.34 Å². The number of nitrogens with one attached hydrogen (secondary N) is 3. The highest BCUT2D eigenvalue weighted by molar-refractivity contribution is 8.02. The lowest BCUT2D eigenvalue weighted by atomic mass is 9.53. The predicted octanol–water partition coefficient (Wildman–Crippen LogP) is 3.63. The highest BCUT2D eigenvalue weighted by Gasteiger charge is 2.51. The zero-order chi connectivity index (χ0) is 19.9. The molecule has 154 valence electrons. The molecule has 0 aromatic carbocycles. The van der Waals surface area contributed by atoms with Crippen molar-refractivity contribution in [2.45, 2.75) is 80.5 Å². The molecule has 1 aromatic heterocycles. The summed E-state index contributed by atoms with van der Waals surface area (Å²) in [5.41, 5.74) is -0.0911. The van der Waals surface area contributed by atoms with E-state index >= 15 is 0 Å². The molecule has 4 aliphatic carbocycles.